The fraction of sp³-hybridized carbons (Fsp3) is 0.308. The highest BCUT2D eigenvalue weighted by molar-refractivity contribution is 7.16. The van der Waals surface area contributed by atoms with Crippen LogP contribution < -0.4 is 5.73 Å². The average molecular weight is 230 g/mol. The molecule has 0 unspecified atom stereocenters. The van der Waals surface area contributed by atoms with E-state index in [1.54, 1.807) is 11.3 Å². The predicted molar refractivity (Wildman–Crippen MR) is 68.7 cm³/mol. The van der Waals surface area contributed by atoms with Crippen LogP contribution in [0.2, 0.25) is 0 Å². The highest BCUT2D eigenvalue weighted by Crippen LogP contribution is 2.40. The van der Waals surface area contributed by atoms with Crippen LogP contribution in [0.15, 0.2) is 24.3 Å². The molecule has 0 amide bonds. The van der Waals surface area contributed by atoms with Crippen LogP contribution in [0, 0.1) is 6.92 Å². The topological polar surface area (TPSA) is 38.9 Å². The molecular formula is C13H14N2S. The van der Waals surface area contributed by atoms with Crippen molar-refractivity contribution in [1.82, 2.24) is 4.98 Å². The van der Waals surface area contributed by atoms with Crippen LogP contribution >= 0.6 is 11.3 Å². The Morgan fingerprint density at radius 1 is 1.25 bits per heavy atom. The first-order valence-corrected chi connectivity index (χ1v) is 6.39. The smallest absolute Gasteiger partial charge is 0.114 e. The van der Waals surface area contributed by atoms with Crippen LogP contribution in [-0.2, 0) is 0 Å². The third-order valence-electron chi connectivity index (χ3n) is 2.99. The first-order chi connectivity index (χ1) is 7.74. The number of thiazole rings is 1. The molecule has 0 spiro atoms. The van der Waals surface area contributed by atoms with Crippen molar-refractivity contribution in [2.24, 2.45) is 0 Å². The zero-order valence-corrected chi connectivity index (χ0v) is 10.1. The molecule has 1 aliphatic rings. The molecule has 3 rings (SSSR count). The van der Waals surface area contributed by atoms with Gasteiger partial charge in [0.1, 0.15) is 10.7 Å². The first-order valence-electron chi connectivity index (χ1n) is 5.57. The molecule has 16 heavy (non-hydrogen) atoms. The summed E-state index contributed by atoms with van der Waals surface area (Å²) in [6, 6.07) is 8.69. The third kappa shape index (κ3) is 1.71. The summed E-state index contributed by atoms with van der Waals surface area (Å²) in [6.45, 7) is 1.99. The summed E-state index contributed by atoms with van der Waals surface area (Å²) in [4.78, 5) is 4.46. The van der Waals surface area contributed by atoms with E-state index in [0.29, 0.717) is 0 Å². The molecule has 0 radical (unpaired) electrons. The van der Waals surface area contributed by atoms with E-state index >= 15 is 0 Å². The number of aromatic nitrogens is 1. The Bertz CT molecular complexity index is 509. The van der Waals surface area contributed by atoms with Crippen molar-refractivity contribution in [2.75, 3.05) is 5.73 Å². The molecule has 1 aromatic heterocycles. The van der Waals surface area contributed by atoms with Crippen molar-refractivity contribution >= 4 is 16.3 Å². The maximum Gasteiger partial charge on any atom is 0.114 e. The average Bonchev–Trinajstić information content (AvgIpc) is 3.05. The number of nitrogen functional groups attached to an aromatic ring is 1. The molecule has 0 bridgehead atoms. The summed E-state index contributed by atoms with van der Waals surface area (Å²) < 4.78 is 0. The van der Waals surface area contributed by atoms with Crippen LogP contribution in [0.1, 0.15) is 29.3 Å². The number of rotatable bonds is 2. The van der Waals surface area contributed by atoms with E-state index in [1.165, 1.54) is 18.4 Å². The van der Waals surface area contributed by atoms with E-state index in [4.69, 9.17) is 5.73 Å². The fourth-order valence-corrected chi connectivity index (χ4v) is 2.69. The Kier molecular flexibility index (Phi) is 2.21. The number of hydrogen-bond acceptors (Lipinski definition) is 3. The van der Waals surface area contributed by atoms with E-state index in [1.807, 2.05) is 6.92 Å². The fourth-order valence-electron chi connectivity index (χ4n) is 1.98. The van der Waals surface area contributed by atoms with Gasteiger partial charge in [0.15, 0.2) is 0 Å². The maximum atomic E-state index is 5.94. The molecule has 1 aliphatic carbocycles. The number of hydrogen-bond donors (Lipinski definition) is 1. The highest BCUT2D eigenvalue weighted by atomic mass is 32.1. The molecular weight excluding hydrogens is 216 g/mol. The largest absolute Gasteiger partial charge is 0.389 e. The standard InChI is InChI=1S/C13H14N2S/c1-8-15-12(13(14)16-8)11-6-4-10(5-7-11)9-2-3-9/h4-7,9H,2-3,14H2,1H3. The van der Waals surface area contributed by atoms with Crippen molar-refractivity contribution in [3.05, 3.63) is 34.8 Å². The number of anilines is 1. The van der Waals surface area contributed by atoms with Gasteiger partial charge in [-0.15, -0.1) is 11.3 Å². The maximum absolute atomic E-state index is 5.94. The Hall–Kier alpha value is -1.35. The second kappa shape index (κ2) is 3.59. The summed E-state index contributed by atoms with van der Waals surface area (Å²) in [5.74, 6) is 0.809. The normalized spacial score (nSPS) is 15.3. The van der Waals surface area contributed by atoms with Crippen LogP contribution in [0.25, 0.3) is 11.3 Å². The van der Waals surface area contributed by atoms with E-state index in [9.17, 15) is 0 Å². The lowest BCUT2D eigenvalue weighted by atomic mass is 10.1. The van der Waals surface area contributed by atoms with Crippen molar-refractivity contribution in [3.8, 4) is 11.3 Å². The Balaban J connectivity index is 1.96. The molecule has 2 N–H and O–H groups in total. The number of nitrogens with two attached hydrogens (primary N) is 1. The first kappa shape index (κ1) is 9.85. The van der Waals surface area contributed by atoms with Gasteiger partial charge >= 0.3 is 0 Å². The van der Waals surface area contributed by atoms with Crippen molar-refractivity contribution in [1.29, 1.82) is 0 Å². The highest BCUT2D eigenvalue weighted by Gasteiger charge is 2.23. The molecule has 0 aliphatic heterocycles. The third-order valence-corrected chi connectivity index (χ3v) is 3.79. The monoisotopic (exact) mass is 230 g/mol. The SMILES string of the molecule is Cc1nc(-c2ccc(C3CC3)cc2)c(N)s1. The minimum atomic E-state index is 0.809. The molecule has 1 saturated carbocycles. The zero-order chi connectivity index (χ0) is 11.1. The van der Waals surface area contributed by atoms with Gasteiger partial charge in [0, 0.05) is 5.56 Å². The van der Waals surface area contributed by atoms with Gasteiger partial charge in [-0.2, -0.15) is 0 Å². The quantitative estimate of drug-likeness (QED) is 0.856. The van der Waals surface area contributed by atoms with Crippen molar-refractivity contribution < 1.29 is 0 Å². The van der Waals surface area contributed by atoms with Gasteiger partial charge in [0.25, 0.3) is 0 Å². The van der Waals surface area contributed by atoms with Crippen LogP contribution in [-0.4, -0.2) is 4.98 Å². The lowest BCUT2D eigenvalue weighted by Gasteiger charge is -2.01. The van der Waals surface area contributed by atoms with Gasteiger partial charge in [0.05, 0.1) is 5.01 Å². The Labute approximate surface area is 99.1 Å². The van der Waals surface area contributed by atoms with Gasteiger partial charge in [0.2, 0.25) is 0 Å². The van der Waals surface area contributed by atoms with Crippen molar-refractivity contribution in [2.45, 2.75) is 25.7 Å². The van der Waals surface area contributed by atoms with Crippen LogP contribution in [0.5, 0.6) is 0 Å². The zero-order valence-electron chi connectivity index (χ0n) is 9.23. The van der Waals surface area contributed by atoms with E-state index in [2.05, 4.69) is 29.2 Å². The summed E-state index contributed by atoms with van der Waals surface area (Å²) in [5.41, 5.74) is 9.46. The Morgan fingerprint density at radius 3 is 2.44 bits per heavy atom. The second-order valence-corrected chi connectivity index (χ2v) is 5.58. The van der Waals surface area contributed by atoms with Gasteiger partial charge in [-0.25, -0.2) is 4.98 Å². The molecule has 82 valence electrons. The predicted octanol–water partition coefficient (Wildman–Crippen LogP) is 3.58. The second-order valence-electron chi connectivity index (χ2n) is 4.34. The van der Waals surface area contributed by atoms with Crippen LogP contribution in [0.3, 0.4) is 0 Å². The molecule has 0 saturated heterocycles. The summed E-state index contributed by atoms with van der Waals surface area (Å²) in [5, 5.41) is 1.84. The number of aryl methyl sites for hydroxylation is 1. The summed E-state index contributed by atoms with van der Waals surface area (Å²) in [7, 11) is 0. The summed E-state index contributed by atoms with van der Waals surface area (Å²) >= 11 is 1.55. The van der Waals surface area contributed by atoms with E-state index < -0.39 is 0 Å². The molecule has 2 nitrogen and oxygen atoms in total. The molecule has 3 heteroatoms. The molecule has 1 fully saturated rings. The van der Waals surface area contributed by atoms with Crippen LogP contribution in [0.4, 0.5) is 5.00 Å². The van der Waals surface area contributed by atoms with Gasteiger partial charge in [-0.3, -0.25) is 0 Å². The Morgan fingerprint density at radius 2 is 1.94 bits per heavy atom. The number of nitrogens with zero attached hydrogens (tertiary/aromatic N) is 1. The minimum absolute atomic E-state index is 0.809. The van der Waals surface area contributed by atoms with Gasteiger partial charge < -0.3 is 5.73 Å². The van der Waals surface area contributed by atoms with E-state index in [0.717, 1.165) is 27.2 Å². The molecule has 1 heterocycles. The van der Waals surface area contributed by atoms with Gasteiger partial charge in [-0.1, -0.05) is 24.3 Å². The number of benzene rings is 1. The minimum Gasteiger partial charge on any atom is -0.389 e. The summed E-state index contributed by atoms with van der Waals surface area (Å²) in [6.07, 6.45) is 2.69. The molecule has 2 aromatic rings. The van der Waals surface area contributed by atoms with E-state index in [-0.39, 0.29) is 0 Å². The van der Waals surface area contributed by atoms with Gasteiger partial charge in [-0.05, 0) is 31.2 Å². The van der Waals surface area contributed by atoms with Crippen molar-refractivity contribution in [3.63, 3.8) is 0 Å². The molecule has 0 atom stereocenters. The molecule has 1 aromatic carbocycles. The lowest BCUT2D eigenvalue weighted by molar-refractivity contribution is 1.13. The lowest BCUT2D eigenvalue weighted by Crippen LogP contribution is -1.86.